The van der Waals surface area contributed by atoms with E-state index in [1.54, 1.807) is 18.3 Å². The molecule has 4 heteroatoms. The van der Waals surface area contributed by atoms with Gasteiger partial charge in [0.2, 0.25) is 0 Å². The quantitative estimate of drug-likeness (QED) is 0.737. The third-order valence-corrected chi connectivity index (χ3v) is 4.00. The predicted octanol–water partition coefficient (Wildman–Crippen LogP) is 2.58. The Hall–Kier alpha value is -0.900. The largest absolute Gasteiger partial charge is 0.348 e. The topological polar surface area (TPSA) is 33.2 Å². The smallest absolute Gasteiger partial charge is 0.185 e. The molecule has 1 aromatic rings. The van der Waals surface area contributed by atoms with Crippen LogP contribution in [0.2, 0.25) is 0 Å². The van der Waals surface area contributed by atoms with Crippen LogP contribution in [0.25, 0.3) is 0 Å². The summed E-state index contributed by atoms with van der Waals surface area (Å²) < 4.78 is 0. The summed E-state index contributed by atoms with van der Waals surface area (Å²) in [6.07, 6.45) is 2.66. The van der Waals surface area contributed by atoms with Gasteiger partial charge in [-0.15, -0.1) is 11.3 Å². The van der Waals surface area contributed by atoms with Crippen LogP contribution < -0.4 is 4.90 Å². The molecule has 0 radical (unpaired) electrons. The van der Waals surface area contributed by atoms with Crippen LogP contribution in [0.5, 0.6) is 0 Å². The van der Waals surface area contributed by atoms with Gasteiger partial charge >= 0.3 is 0 Å². The number of nitrogens with zero attached hydrogens (tertiary/aromatic N) is 2. The predicted molar refractivity (Wildman–Crippen MR) is 62.7 cm³/mol. The molecule has 1 aliphatic rings. The van der Waals surface area contributed by atoms with Crippen LogP contribution in [0.1, 0.15) is 37.2 Å². The van der Waals surface area contributed by atoms with E-state index in [0.29, 0.717) is 11.7 Å². The Kier molecular flexibility index (Phi) is 2.78. The molecule has 3 nitrogen and oxygen atoms in total. The van der Waals surface area contributed by atoms with Gasteiger partial charge in [-0.3, -0.25) is 4.79 Å². The lowest BCUT2D eigenvalue weighted by molar-refractivity contribution is 0.101. The van der Waals surface area contributed by atoms with Crippen molar-refractivity contribution in [3.8, 4) is 0 Å². The minimum absolute atomic E-state index is 0.0463. The fourth-order valence-electron chi connectivity index (χ4n) is 1.66. The van der Waals surface area contributed by atoms with Crippen molar-refractivity contribution in [3.05, 3.63) is 11.1 Å². The van der Waals surface area contributed by atoms with E-state index in [9.17, 15) is 4.79 Å². The van der Waals surface area contributed by atoms with Gasteiger partial charge in [-0.25, -0.2) is 4.98 Å². The van der Waals surface area contributed by atoms with Crippen molar-refractivity contribution in [3.63, 3.8) is 0 Å². The van der Waals surface area contributed by atoms with Crippen LogP contribution in [-0.4, -0.2) is 23.9 Å². The second kappa shape index (κ2) is 3.93. The Balaban J connectivity index is 2.10. The highest BCUT2D eigenvalue weighted by Gasteiger charge is 2.31. The van der Waals surface area contributed by atoms with E-state index < -0.39 is 0 Å². The Morgan fingerprint density at radius 2 is 2.33 bits per heavy atom. The van der Waals surface area contributed by atoms with Gasteiger partial charge in [-0.1, -0.05) is 0 Å². The lowest BCUT2D eigenvalue weighted by Crippen LogP contribution is -2.30. The van der Waals surface area contributed by atoms with Crippen molar-refractivity contribution in [2.24, 2.45) is 5.92 Å². The molecule has 0 aromatic carbocycles. The minimum Gasteiger partial charge on any atom is -0.348 e. The van der Waals surface area contributed by atoms with Crippen LogP contribution >= 0.6 is 11.3 Å². The fourth-order valence-corrected chi connectivity index (χ4v) is 2.58. The van der Waals surface area contributed by atoms with Gasteiger partial charge in [-0.05, 0) is 25.7 Å². The Morgan fingerprint density at radius 3 is 2.80 bits per heavy atom. The molecule has 1 aliphatic carbocycles. The molecule has 1 unspecified atom stereocenters. The molecular formula is C11H16N2OS. The van der Waals surface area contributed by atoms with Crippen LogP contribution in [0.4, 0.5) is 5.13 Å². The molecule has 15 heavy (non-hydrogen) atoms. The average Bonchev–Trinajstić information content (AvgIpc) is 2.93. The van der Waals surface area contributed by atoms with E-state index in [1.807, 2.05) is 5.38 Å². The Bertz CT molecular complexity index is 370. The highest BCUT2D eigenvalue weighted by Crippen LogP contribution is 2.36. The first-order valence-corrected chi connectivity index (χ1v) is 6.17. The highest BCUT2D eigenvalue weighted by molar-refractivity contribution is 7.13. The first-order chi connectivity index (χ1) is 7.09. The van der Waals surface area contributed by atoms with Crippen molar-refractivity contribution >= 4 is 22.3 Å². The van der Waals surface area contributed by atoms with Gasteiger partial charge in [0.25, 0.3) is 0 Å². The third-order valence-electron chi connectivity index (χ3n) is 3.07. The summed E-state index contributed by atoms with van der Waals surface area (Å²) >= 11 is 1.55. The number of carbonyl (C=O) groups excluding carboxylic acids is 1. The second-order valence-electron chi connectivity index (χ2n) is 4.26. The lowest BCUT2D eigenvalue weighted by Gasteiger charge is -2.23. The standard InChI is InChI=1S/C11H16N2OS/c1-7(9-4-5-9)13(3)11-12-10(6-15-11)8(2)14/h6-7,9H,4-5H2,1-3H3. The summed E-state index contributed by atoms with van der Waals surface area (Å²) in [5.41, 5.74) is 0.588. The summed E-state index contributed by atoms with van der Waals surface area (Å²) in [5, 5.41) is 2.80. The second-order valence-corrected chi connectivity index (χ2v) is 5.10. The summed E-state index contributed by atoms with van der Waals surface area (Å²) in [6, 6.07) is 0.538. The zero-order valence-electron chi connectivity index (χ0n) is 9.36. The van der Waals surface area contributed by atoms with Crippen LogP contribution in [-0.2, 0) is 0 Å². The number of aromatic nitrogens is 1. The highest BCUT2D eigenvalue weighted by atomic mass is 32.1. The zero-order chi connectivity index (χ0) is 11.0. The number of Topliss-reactive ketones (excluding diaryl/α,β-unsaturated/α-hetero) is 1. The number of hydrogen-bond acceptors (Lipinski definition) is 4. The van der Waals surface area contributed by atoms with Gasteiger partial charge in [0.15, 0.2) is 10.9 Å². The van der Waals surface area contributed by atoms with Crippen LogP contribution in [0.3, 0.4) is 0 Å². The van der Waals surface area contributed by atoms with E-state index in [-0.39, 0.29) is 5.78 Å². The molecule has 1 atom stereocenters. The number of thiazole rings is 1. The van der Waals surface area contributed by atoms with Crippen molar-refractivity contribution in [1.82, 2.24) is 4.98 Å². The molecule has 0 amide bonds. The average molecular weight is 224 g/mol. The maximum atomic E-state index is 11.1. The molecule has 1 heterocycles. The maximum Gasteiger partial charge on any atom is 0.185 e. The number of carbonyl (C=O) groups is 1. The molecular weight excluding hydrogens is 208 g/mol. The Labute approximate surface area is 94.1 Å². The van der Waals surface area contributed by atoms with Gasteiger partial charge in [0.05, 0.1) is 0 Å². The van der Waals surface area contributed by atoms with E-state index in [4.69, 9.17) is 0 Å². The third kappa shape index (κ3) is 2.20. The van der Waals surface area contributed by atoms with Crippen molar-refractivity contribution in [1.29, 1.82) is 0 Å². The SMILES string of the molecule is CC(=O)c1csc(N(C)C(C)C2CC2)n1. The summed E-state index contributed by atoms with van der Waals surface area (Å²) in [5.74, 6) is 0.865. The first-order valence-electron chi connectivity index (χ1n) is 5.29. The van der Waals surface area contributed by atoms with Crippen molar-refractivity contribution < 1.29 is 4.79 Å². The monoisotopic (exact) mass is 224 g/mol. The van der Waals surface area contributed by atoms with Gasteiger partial charge in [-0.2, -0.15) is 0 Å². The molecule has 82 valence electrons. The number of ketones is 1. The molecule has 1 saturated carbocycles. The molecule has 0 spiro atoms. The zero-order valence-corrected chi connectivity index (χ0v) is 10.2. The van der Waals surface area contributed by atoms with E-state index >= 15 is 0 Å². The van der Waals surface area contributed by atoms with Gasteiger partial charge in [0.1, 0.15) is 5.69 Å². The normalized spacial score (nSPS) is 17.5. The number of hydrogen-bond donors (Lipinski definition) is 0. The van der Waals surface area contributed by atoms with Crippen molar-refractivity contribution in [2.75, 3.05) is 11.9 Å². The minimum atomic E-state index is 0.0463. The van der Waals surface area contributed by atoms with E-state index in [0.717, 1.165) is 11.0 Å². The van der Waals surface area contributed by atoms with Gasteiger partial charge < -0.3 is 4.90 Å². The Morgan fingerprint density at radius 1 is 1.67 bits per heavy atom. The maximum absolute atomic E-state index is 11.1. The molecule has 0 saturated heterocycles. The first kappa shape index (κ1) is 10.6. The number of anilines is 1. The van der Waals surface area contributed by atoms with E-state index in [1.165, 1.54) is 12.8 Å². The lowest BCUT2D eigenvalue weighted by atomic mass is 10.2. The van der Waals surface area contributed by atoms with Gasteiger partial charge in [0, 0.05) is 25.4 Å². The van der Waals surface area contributed by atoms with Crippen LogP contribution in [0.15, 0.2) is 5.38 Å². The fraction of sp³-hybridized carbons (Fsp3) is 0.636. The van der Waals surface area contributed by atoms with Crippen LogP contribution in [0, 0.1) is 5.92 Å². The van der Waals surface area contributed by atoms with Crippen molar-refractivity contribution in [2.45, 2.75) is 32.7 Å². The molecule has 2 rings (SSSR count). The van der Waals surface area contributed by atoms with E-state index in [2.05, 4.69) is 23.9 Å². The molecule has 0 N–H and O–H groups in total. The number of rotatable bonds is 4. The molecule has 0 bridgehead atoms. The summed E-state index contributed by atoms with van der Waals surface area (Å²) in [4.78, 5) is 17.6. The molecule has 1 aromatic heterocycles. The summed E-state index contributed by atoms with van der Waals surface area (Å²) in [7, 11) is 2.06. The molecule has 1 fully saturated rings. The molecule has 0 aliphatic heterocycles. The summed E-state index contributed by atoms with van der Waals surface area (Å²) in [6.45, 7) is 3.79.